The van der Waals surface area contributed by atoms with Crippen LogP contribution in [0.25, 0.3) is 0 Å². The van der Waals surface area contributed by atoms with Crippen molar-refractivity contribution >= 4 is 0 Å². The summed E-state index contributed by atoms with van der Waals surface area (Å²) in [4.78, 5) is 2.56. The van der Waals surface area contributed by atoms with Gasteiger partial charge in [-0.15, -0.1) is 0 Å². The van der Waals surface area contributed by atoms with Gasteiger partial charge in [0.1, 0.15) is 0 Å². The van der Waals surface area contributed by atoms with E-state index >= 15 is 0 Å². The molecule has 1 N–H and O–H groups in total. The van der Waals surface area contributed by atoms with Gasteiger partial charge in [-0.2, -0.15) is 0 Å². The molecule has 1 heterocycles. The Balaban J connectivity index is 1.62. The second-order valence-electron chi connectivity index (χ2n) is 5.09. The highest BCUT2D eigenvalue weighted by Crippen LogP contribution is 2.06. The van der Waals surface area contributed by atoms with E-state index in [0.717, 1.165) is 13.0 Å². The fourth-order valence-electron chi connectivity index (χ4n) is 2.52. The van der Waals surface area contributed by atoms with Gasteiger partial charge in [-0.3, -0.25) is 0 Å². The molecule has 0 spiro atoms. The standard InChI is InChI=1S/C15H24N2/c1-14(13-15-7-3-2-4-8-15)16-9-12-17-10-5-6-11-17/h2-4,7-8,14,16H,5-6,9-13H2,1H3. The van der Waals surface area contributed by atoms with Crippen molar-refractivity contribution in [2.45, 2.75) is 32.2 Å². The molecule has 94 valence electrons. The van der Waals surface area contributed by atoms with Gasteiger partial charge in [0.15, 0.2) is 0 Å². The topological polar surface area (TPSA) is 15.3 Å². The Hall–Kier alpha value is -0.860. The maximum absolute atomic E-state index is 3.62. The molecule has 0 bridgehead atoms. The Kier molecular flexibility index (Phi) is 5.02. The summed E-state index contributed by atoms with van der Waals surface area (Å²) in [6.07, 6.45) is 3.90. The van der Waals surface area contributed by atoms with Crippen molar-refractivity contribution in [1.82, 2.24) is 10.2 Å². The summed E-state index contributed by atoms with van der Waals surface area (Å²) in [5.74, 6) is 0. The lowest BCUT2D eigenvalue weighted by molar-refractivity contribution is 0.329. The van der Waals surface area contributed by atoms with Crippen molar-refractivity contribution in [1.29, 1.82) is 0 Å². The van der Waals surface area contributed by atoms with E-state index < -0.39 is 0 Å². The van der Waals surface area contributed by atoms with Crippen LogP contribution in [0, 0.1) is 0 Å². The van der Waals surface area contributed by atoms with Gasteiger partial charge in [-0.1, -0.05) is 30.3 Å². The molecule has 1 fully saturated rings. The third-order valence-electron chi connectivity index (χ3n) is 3.50. The third-order valence-corrected chi connectivity index (χ3v) is 3.50. The molecular weight excluding hydrogens is 208 g/mol. The lowest BCUT2D eigenvalue weighted by Gasteiger charge is -2.18. The fourth-order valence-corrected chi connectivity index (χ4v) is 2.52. The van der Waals surface area contributed by atoms with Gasteiger partial charge >= 0.3 is 0 Å². The molecule has 1 aromatic rings. The van der Waals surface area contributed by atoms with Gasteiger partial charge in [0.25, 0.3) is 0 Å². The van der Waals surface area contributed by atoms with Crippen LogP contribution in [-0.2, 0) is 6.42 Å². The summed E-state index contributed by atoms with van der Waals surface area (Å²) >= 11 is 0. The molecule has 1 saturated heterocycles. The highest BCUT2D eigenvalue weighted by Gasteiger charge is 2.10. The molecule has 1 atom stereocenters. The van der Waals surface area contributed by atoms with Crippen LogP contribution in [0.4, 0.5) is 0 Å². The van der Waals surface area contributed by atoms with E-state index in [2.05, 4.69) is 47.5 Å². The maximum Gasteiger partial charge on any atom is 0.0107 e. The summed E-state index contributed by atoms with van der Waals surface area (Å²) in [6.45, 7) is 7.20. The molecule has 1 aliphatic rings. The zero-order chi connectivity index (χ0) is 11.9. The summed E-state index contributed by atoms with van der Waals surface area (Å²) in [5, 5.41) is 3.62. The average Bonchev–Trinajstić information content (AvgIpc) is 2.83. The highest BCUT2D eigenvalue weighted by atomic mass is 15.1. The lowest BCUT2D eigenvalue weighted by Crippen LogP contribution is -2.35. The van der Waals surface area contributed by atoms with E-state index in [9.17, 15) is 0 Å². The Morgan fingerprint density at radius 2 is 1.88 bits per heavy atom. The molecule has 1 aliphatic heterocycles. The third kappa shape index (κ3) is 4.49. The van der Waals surface area contributed by atoms with E-state index in [1.54, 1.807) is 0 Å². The Labute approximate surface area is 105 Å². The number of hydrogen-bond acceptors (Lipinski definition) is 2. The van der Waals surface area contributed by atoms with Crippen LogP contribution >= 0.6 is 0 Å². The normalized spacial score (nSPS) is 18.4. The Bertz CT molecular complexity index is 304. The molecule has 0 amide bonds. The van der Waals surface area contributed by atoms with Crippen molar-refractivity contribution in [3.63, 3.8) is 0 Å². The molecule has 2 rings (SSSR count). The van der Waals surface area contributed by atoms with Crippen LogP contribution in [0.3, 0.4) is 0 Å². The first-order valence-corrected chi connectivity index (χ1v) is 6.84. The zero-order valence-electron chi connectivity index (χ0n) is 10.9. The monoisotopic (exact) mass is 232 g/mol. The van der Waals surface area contributed by atoms with Gasteiger partial charge in [-0.25, -0.2) is 0 Å². The summed E-state index contributed by atoms with van der Waals surface area (Å²) < 4.78 is 0. The molecule has 0 aromatic heterocycles. The van der Waals surface area contributed by atoms with E-state index in [0.29, 0.717) is 6.04 Å². The van der Waals surface area contributed by atoms with Crippen molar-refractivity contribution in [3.05, 3.63) is 35.9 Å². The van der Waals surface area contributed by atoms with E-state index in [4.69, 9.17) is 0 Å². The summed E-state index contributed by atoms with van der Waals surface area (Å²) in [6, 6.07) is 11.3. The first-order valence-electron chi connectivity index (χ1n) is 6.84. The van der Waals surface area contributed by atoms with Gasteiger partial charge in [-0.05, 0) is 44.8 Å². The average molecular weight is 232 g/mol. The van der Waals surface area contributed by atoms with E-state index in [1.165, 1.54) is 38.0 Å². The van der Waals surface area contributed by atoms with Gasteiger partial charge in [0, 0.05) is 19.1 Å². The summed E-state index contributed by atoms with van der Waals surface area (Å²) in [5.41, 5.74) is 1.42. The Morgan fingerprint density at radius 1 is 1.18 bits per heavy atom. The van der Waals surface area contributed by atoms with Crippen LogP contribution in [0.2, 0.25) is 0 Å². The highest BCUT2D eigenvalue weighted by molar-refractivity contribution is 5.15. The lowest BCUT2D eigenvalue weighted by atomic mass is 10.1. The largest absolute Gasteiger partial charge is 0.313 e. The van der Waals surface area contributed by atoms with Crippen molar-refractivity contribution in [3.8, 4) is 0 Å². The van der Waals surface area contributed by atoms with E-state index in [-0.39, 0.29) is 0 Å². The van der Waals surface area contributed by atoms with E-state index in [1.807, 2.05) is 0 Å². The van der Waals surface area contributed by atoms with Crippen LogP contribution < -0.4 is 5.32 Å². The zero-order valence-corrected chi connectivity index (χ0v) is 10.9. The fraction of sp³-hybridized carbons (Fsp3) is 0.600. The minimum Gasteiger partial charge on any atom is -0.313 e. The molecule has 0 saturated carbocycles. The molecule has 1 aromatic carbocycles. The van der Waals surface area contributed by atoms with Gasteiger partial charge in [0.05, 0.1) is 0 Å². The smallest absolute Gasteiger partial charge is 0.0107 e. The van der Waals surface area contributed by atoms with Crippen LogP contribution in [-0.4, -0.2) is 37.1 Å². The number of rotatable bonds is 6. The van der Waals surface area contributed by atoms with Crippen molar-refractivity contribution in [2.75, 3.05) is 26.2 Å². The second-order valence-corrected chi connectivity index (χ2v) is 5.09. The minimum absolute atomic E-state index is 0.569. The van der Waals surface area contributed by atoms with Gasteiger partial charge in [0.2, 0.25) is 0 Å². The number of nitrogens with one attached hydrogen (secondary N) is 1. The summed E-state index contributed by atoms with van der Waals surface area (Å²) in [7, 11) is 0. The predicted octanol–water partition coefficient (Wildman–Crippen LogP) is 2.30. The van der Waals surface area contributed by atoms with Crippen molar-refractivity contribution in [2.24, 2.45) is 0 Å². The van der Waals surface area contributed by atoms with Crippen molar-refractivity contribution < 1.29 is 0 Å². The van der Waals surface area contributed by atoms with Crippen LogP contribution in [0.1, 0.15) is 25.3 Å². The van der Waals surface area contributed by atoms with Crippen LogP contribution in [0.15, 0.2) is 30.3 Å². The number of nitrogens with zero attached hydrogens (tertiary/aromatic N) is 1. The number of likely N-dealkylation sites (tertiary alicyclic amines) is 1. The molecule has 2 heteroatoms. The Morgan fingerprint density at radius 3 is 2.59 bits per heavy atom. The SMILES string of the molecule is CC(Cc1ccccc1)NCCN1CCCC1. The van der Waals surface area contributed by atoms with Gasteiger partial charge < -0.3 is 10.2 Å². The molecule has 0 radical (unpaired) electrons. The molecular formula is C15H24N2. The quantitative estimate of drug-likeness (QED) is 0.809. The van der Waals surface area contributed by atoms with Crippen LogP contribution in [0.5, 0.6) is 0 Å². The second kappa shape index (κ2) is 6.77. The molecule has 1 unspecified atom stereocenters. The first kappa shape index (κ1) is 12.6. The molecule has 0 aliphatic carbocycles. The molecule has 17 heavy (non-hydrogen) atoms. The number of hydrogen-bond donors (Lipinski definition) is 1. The predicted molar refractivity (Wildman–Crippen MR) is 73.3 cm³/mol. The molecule has 2 nitrogen and oxygen atoms in total. The first-order chi connectivity index (χ1) is 8.34. The minimum atomic E-state index is 0.569. The number of benzene rings is 1. The maximum atomic E-state index is 3.62.